The number of benzene rings is 2. The Labute approximate surface area is 214 Å². The van der Waals surface area contributed by atoms with E-state index in [0.717, 1.165) is 52.8 Å². The first kappa shape index (κ1) is 23.6. The fourth-order valence-electron chi connectivity index (χ4n) is 5.29. The molecule has 1 aliphatic heterocycles. The molecule has 1 aliphatic carbocycles. The van der Waals surface area contributed by atoms with Gasteiger partial charge in [-0.2, -0.15) is 5.10 Å². The van der Waals surface area contributed by atoms with E-state index in [0.29, 0.717) is 32.5 Å². The van der Waals surface area contributed by atoms with Crippen molar-refractivity contribution < 1.29 is 14.3 Å². The number of nitrogens with zero attached hydrogens (tertiary/aromatic N) is 4. The highest BCUT2D eigenvalue weighted by atomic mass is 19.1. The second-order valence-electron chi connectivity index (χ2n) is 10.3. The summed E-state index contributed by atoms with van der Waals surface area (Å²) >= 11 is 0. The molecule has 1 amide bonds. The molecular formula is C29H30FN5O2. The second-order valence-corrected chi connectivity index (χ2v) is 10.3. The maximum absolute atomic E-state index is 13.3. The number of likely N-dealkylation sites (tertiary alicyclic amines) is 1. The number of aliphatic hydroxyl groups is 1. The summed E-state index contributed by atoms with van der Waals surface area (Å²) in [6.45, 7) is 1.50. The highest BCUT2D eigenvalue weighted by molar-refractivity contribution is 5.95. The molecule has 2 fully saturated rings. The van der Waals surface area contributed by atoms with Gasteiger partial charge in [-0.05, 0) is 80.3 Å². The lowest BCUT2D eigenvalue weighted by Gasteiger charge is -2.40. The number of piperidine rings is 1. The van der Waals surface area contributed by atoms with Crippen LogP contribution in [0.25, 0.3) is 22.2 Å². The molecule has 0 radical (unpaired) electrons. The number of pyridine rings is 1. The Balaban J connectivity index is 1.28. The molecule has 0 bridgehead atoms. The summed E-state index contributed by atoms with van der Waals surface area (Å²) in [6.07, 6.45) is 7.69. The van der Waals surface area contributed by atoms with Crippen LogP contribution in [0.15, 0.2) is 67.0 Å². The van der Waals surface area contributed by atoms with Crippen molar-refractivity contribution in [3.8, 4) is 11.3 Å². The molecule has 0 atom stereocenters. The molecule has 37 heavy (non-hydrogen) atoms. The van der Waals surface area contributed by atoms with Crippen LogP contribution in [0, 0.1) is 11.7 Å². The topological polar surface area (TPSA) is 83.3 Å². The average molecular weight is 500 g/mol. The number of hydrogen-bond donors (Lipinski definition) is 2. The van der Waals surface area contributed by atoms with Crippen molar-refractivity contribution >= 4 is 28.2 Å². The summed E-state index contributed by atoms with van der Waals surface area (Å²) in [7, 11) is 0. The fraction of sp³-hybridized carbons (Fsp3) is 0.345. The number of halogens is 1. The van der Waals surface area contributed by atoms with Crippen LogP contribution in [-0.2, 0) is 11.3 Å². The summed E-state index contributed by atoms with van der Waals surface area (Å²) in [6, 6.07) is 16.1. The first-order chi connectivity index (χ1) is 18.0. The first-order valence-electron chi connectivity index (χ1n) is 12.9. The molecule has 2 aliphatic rings. The molecule has 3 heterocycles. The van der Waals surface area contributed by atoms with Crippen LogP contribution in [-0.4, -0.2) is 49.4 Å². The van der Waals surface area contributed by atoms with Crippen molar-refractivity contribution in [1.29, 1.82) is 0 Å². The van der Waals surface area contributed by atoms with Crippen molar-refractivity contribution in [3.05, 3.63) is 72.8 Å². The molecule has 6 rings (SSSR count). The van der Waals surface area contributed by atoms with Crippen LogP contribution in [0.4, 0.5) is 15.8 Å². The molecule has 8 heteroatoms. The van der Waals surface area contributed by atoms with Crippen molar-refractivity contribution in [2.45, 2.75) is 44.2 Å². The Kier molecular flexibility index (Phi) is 6.12. The molecule has 0 unspecified atom stereocenters. The van der Waals surface area contributed by atoms with Gasteiger partial charge in [0.1, 0.15) is 11.5 Å². The van der Waals surface area contributed by atoms with Gasteiger partial charge in [-0.3, -0.25) is 14.5 Å². The van der Waals surface area contributed by atoms with Crippen LogP contribution >= 0.6 is 0 Å². The minimum absolute atomic E-state index is 0.181. The van der Waals surface area contributed by atoms with E-state index in [1.165, 1.54) is 12.1 Å². The quantitative estimate of drug-likeness (QED) is 0.384. The minimum atomic E-state index is -0.938. The van der Waals surface area contributed by atoms with Gasteiger partial charge in [0.25, 0.3) is 0 Å². The van der Waals surface area contributed by atoms with E-state index in [9.17, 15) is 14.3 Å². The third-order valence-corrected chi connectivity index (χ3v) is 7.72. The Morgan fingerprint density at radius 3 is 2.51 bits per heavy atom. The summed E-state index contributed by atoms with van der Waals surface area (Å²) in [5, 5.41) is 20.7. The van der Waals surface area contributed by atoms with Gasteiger partial charge in [0.05, 0.1) is 17.7 Å². The van der Waals surface area contributed by atoms with Gasteiger partial charge in [0.2, 0.25) is 5.91 Å². The highest BCUT2D eigenvalue weighted by Gasteiger charge is 2.38. The number of rotatable bonds is 6. The summed E-state index contributed by atoms with van der Waals surface area (Å²) in [4.78, 5) is 18.9. The van der Waals surface area contributed by atoms with Gasteiger partial charge in [-0.25, -0.2) is 4.39 Å². The molecule has 1 saturated heterocycles. The van der Waals surface area contributed by atoms with Gasteiger partial charge in [-0.1, -0.05) is 6.42 Å². The van der Waals surface area contributed by atoms with Crippen LogP contribution in [0.3, 0.4) is 0 Å². The van der Waals surface area contributed by atoms with Crippen molar-refractivity contribution in [3.63, 3.8) is 0 Å². The number of carbonyl (C=O) groups is 1. The van der Waals surface area contributed by atoms with Crippen LogP contribution in [0.5, 0.6) is 0 Å². The molecule has 0 spiro atoms. The summed E-state index contributed by atoms with van der Waals surface area (Å²) in [5.41, 5.74) is 3.28. The molecule has 4 aromatic rings. The largest absolute Gasteiger partial charge is 0.388 e. The molecule has 190 valence electrons. The lowest BCUT2D eigenvalue weighted by molar-refractivity contribution is -0.142. The summed E-state index contributed by atoms with van der Waals surface area (Å²) < 4.78 is 15.2. The number of carbonyl (C=O) groups excluding carboxylic acids is 1. The van der Waals surface area contributed by atoms with E-state index in [4.69, 9.17) is 5.10 Å². The molecular weight excluding hydrogens is 469 g/mol. The zero-order valence-electron chi connectivity index (χ0n) is 20.6. The standard InChI is InChI=1S/C29H30FN5O2/c30-22-6-8-23(9-7-22)32-24-10-11-26-25(17-24)27(21-5-2-14-31-18-21)33-35(26)19-29(37)12-15-34(16-13-29)28(36)20-3-1-4-20/h2,5-11,14,17-18,20,32,37H,1,3-4,12-13,15-16,19H2. The predicted octanol–water partition coefficient (Wildman–Crippen LogP) is 5.13. The number of aromatic nitrogens is 3. The molecule has 7 nitrogen and oxygen atoms in total. The van der Waals surface area contributed by atoms with E-state index in [1.54, 1.807) is 24.5 Å². The zero-order valence-corrected chi connectivity index (χ0v) is 20.6. The zero-order chi connectivity index (χ0) is 25.4. The van der Waals surface area contributed by atoms with E-state index in [2.05, 4.69) is 10.3 Å². The number of nitrogens with one attached hydrogen (secondary N) is 1. The Morgan fingerprint density at radius 2 is 1.84 bits per heavy atom. The predicted molar refractivity (Wildman–Crippen MR) is 141 cm³/mol. The van der Waals surface area contributed by atoms with E-state index < -0.39 is 5.60 Å². The summed E-state index contributed by atoms with van der Waals surface area (Å²) in [5.74, 6) is 0.149. The Bertz CT molecular complexity index is 1410. The van der Waals surface area contributed by atoms with Crippen molar-refractivity contribution in [2.24, 2.45) is 5.92 Å². The first-order valence-corrected chi connectivity index (χ1v) is 12.9. The van der Waals surface area contributed by atoms with Gasteiger partial charge < -0.3 is 15.3 Å². The Hall–Kier alpha value is -3.78. The van der Waals surface area contributed by atoms with Crippen LogP contribution in [0.2, 0.25) is 0 Å². The van der Waals surface area contributed by atoms with E-state index in [1.807, 2.05) is 39.9 Å². The number of fused-ring (bicyclic) bond motifs is 1. The smallest absolute Gasteiger partial charge is 0.225 e. The van der Waals surface area contributed by atoms with E-state index in [-0.39, 0.29) is 17.6 Å². The number of hydrogen-bond acceptors (Lipinski definition) is 5. The van der Waals surface area contributed by atoms with Crippen molar-refractivity contribution in [2.75, 3.05) is 18.4 Å². The van der Waals surface area contributed by atoms with Crippen LogP contribution in [0.1, 0.15) is 32.1 Å². The maximum Gasteiger partial charge on any atom is 0.225 e. The molecule has 2 N–H and O–H groups in total. The monoisotopic (exact) mass is 499 g/mol. The van der Waals surface area contributed by atoms with E-state index >= 15 is 0 Å². The minimum Gasteiger partial charge on any atom is -0.388 e. The third kappa shape index (κ3) is 4.81. The Morgan fingerprint density at radius 1 is 1.08 bits per heavy atom. The highest BCUT2D eigenvalue weighted by Crippen LogP contribution is 2.34. The molecule has 2 aromatic carbocycles. The maximum atomic E-state index is 13.3. The third-order valence-electron chi connectivity index (χ3n) is 7.72. The van der Waals surface area contributed by atoms with Gasteiger partial charge >= 0.3 is 0 Å². The van der Waals surface area contributed by atoms with Gasteiger partial charge in [0.15, 0.2) is 0 Å². The SMILES string of the molecule is O=C(C1CCC1)N1CCC(O)(Cn2nc(-c3cccnc3)c3cc(Nc4ccc(F)cc4)ccc32)CC1. The molecule has 1 saturated carbocycles. The second kappa shape index (κ2) is 9.59. The van der Waals surface area contributed by atoms with Crippen LogP contribution < -0.4 is 5.32 Å². The molecule has 2 aromatic heterocycles. The average Bonchev–Trinajstić information content (AvgIpc) is 3.22. The lowest BCUT2D eigenvalue weighted by atomic mass is 9.83. The fourth-order valence-corrected chi connectivity index (χ4v) is 5.29. The van der Waals surface area contributed by atoms with Crippen molar-refractivity contribution in [1.82, 2.24) is 19.7 Å². The van der Waals surface area contributed by atoms with Gasteiger partial charge in [0, 0.05) is 53.7 Å². The number of amides is 1. The lowest BCUT2D eigenvalue weighted by Crippen LogP contribution is -2.50. The van der Waals surface area contributed by atoms with Gasteiger partial charge in [-0.15, -0.1) is 0 Å². The normalized spacial score (nSPS) is 17.5. The number of anilines is 2.